The predicted molar refractivity (Wildman–Crippen MR) is 55.6 cm³/mol. The molecule has 1 unspecified atom stereocenters. The summed E-state index contributed by atoms with van der Waals surface area (Å²) in [5.41, 5.74) is 0.361. The maximum Gasteiger partial charge on any atom is 0.349 e. The molecule has 0 aliphatic rings. The van der Waals surface area contributed by atoms with Crippen LogP contribution in [0, 0.1) is 0 Å². The molecule has 0 saturated heterocycles. The van der Waals surface area contributed by atoms with Gasteiger partial charge >= 0.3 is 11.9 Å². The van der Waals surface area contributed by atoms with Gasteiger partial charge in [-0.15, -0.1) is 0 Å². The number of carbonyl (C=O) groups is 2. The smallest absolute Gasteiger partial charge is 0.349 e. The molecule has 1 atom stereocenters. The summed E-state index contributed by atoms with van der Waals surface area (Å²) in [5, 5.41) is 8.94. The molecule has 1 N–H and O–H groups in total. The second-order valence-electron chi connectivity index (χ2n) is 3.24. The molecule has 0 saturated carbocycles. The SMILES string of the molecule is CCCC(=O)OC(C(=O)O)c1cccnc1. The fraction of sp³-hybridized carbons (Fsp3) is 0.364. The van der Waals surface area contributed by atoms with E-state index in [4.69, 9.17) is 9.84 Å². The van der Waals surface area contributed by atoms with Crippen LogP contribution in [0.25, 0.3) is 0 Å². The van der Waals surface area contributed by atoms with E-state index < -0.39 is 18.0 Å². The van der Waals surface area contributed by atoms with Crippen LogP contribution in [0.15, 0.2) is 24.5 Å². The zero-order valence-corrected chi connectivity index (χ0v) is 8.92. The first-order valence-electron chi connectivity index (χ1n) is 4.97. The van der Waals surface area contributed by atoms with Crippen LogP contribution >= 0.6 is 0 Å². The lowest BCUT2D eigenvalue weighted by Gasteiger charge is -2.13. The Morgan fingerprint density at radius 3 is 2.81 bits per heavy atom. The lowest BCUT2D eigenvalue weighted by Crippen LogP contribution is -2.19. The first-order valence-corrected chi connectivity index (χ1v) is 4.97. The minimum atomic E-state index is -1.27. The van der Waals surface area contributed by atoms with Crippen molar-refractivity contribution < 1.29 is 19.4 Å². The van der Waals surface area contributed by atoms with Crippen LogP contribution in [-0.2, 0) is 14.3 Å². The number of hydrogen-bond donors (Lipinski definition) is 1. The maximum atomic E-state index is 11.2. The Bertz CT molecular complexity index is 364. The van der Waals surface area contributed by atoms with Crippen LogP contribution in [0.5, 0.6) is 0 Å². The first-order chi connectivity index (χ1) is 7.65. The lowest BCUT2D eigenvalue weighted by molar-refractivity contribution is -0.164. The second kappa shape index (κ2) is 5.85. The standard InChI is InChI=1S/C11H13NO4/c1-2-4-9(13)16-10(11(14)15)8-5-3-6-12-7-8/h3,5-7,10H,2,4H2,1H3,(H,14,15). The molecular weight excluding hydrogens is 210 g/mol. The number of ether oxygens (including phenoxy) is 1. The van der Waals surface area contributed by atoms with Crippen LogP contribution in [-0.4, -0.2) is 22.0 Å². The van der Waals surface area contributed by atoms with E-state index in [0.29, 0.717) is 12.0 Å². The van der Waals surface area contributed by atoms with Crippen molar-refractivity contribution in [1.82, 2.24) is 4.98 Å². The quantitative estimate of drug-likeness (QED) is 0.766. The fourth-order valence-corrected chi connectivity index (χ4v) is 1.19. The molecule has 86 valence electrons. The maximum absolute atomic E-state index is 11.2. The molecule has 1 aromatic heterocycles. The molecule has 0 bridgehead atoms. The highest BCUT2D eigenvalue weighted by molar-refractivity contribution is 5.79. The van der Waals surface area contributed by atoms with Crippen LogP contribution in [0.4, 0.5) is 0 Å². The van der Waals surface area contributed by atoms with Gasteiger partial charge in [0.2, 0.25) is 6.10 Å². The summed E-state index contributed by atoms with van der Waals surface area (Å²) in [7, 11) is 0. The van der Waals surface area contributed by atoms with Gasteiger partial charge < -0.3 is 9.84 Å². The summed E-state index contributed by atoms with van der Waals surface area (Å²) in [5.74, 6) is -1.71. The molecule has 5 nitrogen and oxygen atoms in total. The van der Waals surface area contributed by atoms with Crippen molar-refractivity contribution in [3.05, 3.63) is 30.1 Å². The highest BCUT2D eigenvalue weighted by Crippen LogP contribution is 2.17. The van der Waals surface area contributed by atoms with E-state index in [9.17, 15) is 9.59 Å². The number of pyridine rings is 1. The molecule has 0 aromatic carbocycles. The zero-order valence-electron chi connectivity index (χ0n) is 8.92. The van der Waals surface area contributed by atoms with Gasteiger partial charge in [-0.25, -0.2) is 4.79 Å². The van der Waals surface area contributed by atoms with Gasteiger partial charge in [-0.05, 0) is 12.5 Å². The third-order valence-electron chi connectivity index (χ3n) is 1.91. The normalized spacial score (nSPS) is 11.8. The summed E-state index contributed by atoms with van der Waals surface area (Å²) in [6.07, 6.45) is 2.46. The predicted octanol–water partition coefficient (Wildman–Crippen LogP) is 1.55. The average molecular weight is 223 g/mol. The van der Waals surface area contributed by atoms with Crippen LogP contribution in [0.1, 0.15) is 31.4 Å². The molecule has 0 radical (unpaired) electrons. The van der Waals surface area contributed by atoms with Crippen LogP contribution in [0.2, 0.25) is 0 Å². The second-order valence-corrected chi connectivity index (χ2v) is 3.24. The van der Waals surface area contributed by atoms with Gasteiger partial charge in [0.25, 0.3) is 0 Å². The Morgan fingerprint density at radius 2 is 2.31 bits per heavy atom. The Hall–Kier alpha value is -1.91. The van der Waals surface area contributed by atoms with E-state index in [0.717, 1.165) is 0 Å². The van der Waals surface area contributed by atoms with Gasteiger partial charge in [-0.3, -0.25) is 9.78 Å². The summed E-state index contributed by atoms with van der Waals surface area (Å²) in [6.45, 7) is 1.82. The largest absolute Gasteiger partial charge is 0.478 e. The van der Waals surface area contributed by atoms with Gasteiger partial charge in [-0.2, -0.15) is 0 Å². The van der Waals surface area contributed by atoms with E-state index in [2.05, 4.69) is 4.98 Å². The molecule has 1 aromatic rings. The summed E-state index contributed by atoms with van der Waals surface area (Å²) in [6, 6.07) is 3.16. The van der Waals surface area contributed by atoms with Crippen LogP contribution < -0.4 is 0 Å². The summed E-state index contributed by atoms with van der Waals surface area (Å²) in [4.78, 5) is 25.9. The van der Waals surface area contributed by atoms with Crippen LogP contribution in [0.3, 0.4) is 0 Å². The highest BCUT2D eigenvalue weighted by atomic mass is 16.6. The minimum absolute atomic E-state index is 0.212. The number of esters is 1. The molecule has 0 spiro atoms. The lowest BCUT2D eigenvalue weighted by atomic mass is 10.1. The third-order valence-corrected chi connectivity index (χ3v) is 1.91. The van der Waals surface area contributed by atoms with Gasteiger partial charge in [-0.1, -0.05) is 13.0 Å². The monoisotopic (exact) mass is 223 g/mol. The Morgan fingerprint density at radius 1 is 1.56 bits per heavy atom. The van der Waals surface area contributed by atoms with Crippen molar-refractivity contribution in [2.24, 2.45) is 0 Å². The number of aromatic nitrogens is 1. The van der Waals surface area contributed by atoms with E-state index >= 15 is 0 Å². The summed E-state index contributed by atoms with van der Waals surface area (Å²) >= 11 is 0. The average Bonchev–Trinajstić information content (AvgIpc) is 2.27. The van der Waals surface area contributed by atoms with E-state index in [1.807, 2.05) is 6.92 Å². The first kappa shape index (κ1) is 12.2. The van der Waals surface area contributed by atoms with E-state index in [1.54, 1.807) is 12.1 Å². The molecule has 0 aliphatic heterocycles. The van der Waals surface area contributed by atoms with Crippen molar-refractivity contribution in [2.75, 3.05) is 0 Å². The van der Waals surface area contributed by atoms with Crippen molar-refractivity contribution >= 4 is 11.9 Å². The highest BCUT2D eigenvalue weighted by Gasteiger charge is 2.23. The molecule has 1 rings (SSSR count). The summed E-state index contributed by atoms with van der Waals surface area (Å²) < 4.78 is 4.86. The number of hydrogen-bond acceptors (Lipinski definition) is 4. The Labute approximate surface area is 93.1 Å². The number of carbonyl (C=O) groups excluding carboxylic acids is 1. The number of rotatable bonds is 5. The van der Waals surface area contributed by atoms with Crippen molar-refractivity contribution in [3.63, 3.8) is 0 Å². The molecular formula is C11H13NO4. The van der Waals surface area contributed by atoms with Gasteiger partial charge in [0, 0.05) is 24.4 Å². The molecule has 0 fully saturated rings. The van der Waals surface area contributed by atoms with E-state index in [-0.39, 0.29) is 6.42 Å². The number of carboxylic acid groups (broad SMARTS) is 1. The number of aliphatic carboxylic acids is 1. The molecule has 0 aliphatic carbocycles. The number of nitrogens with zero attached hydrogens (tertiary/aromatic N) is 1. The topological polar surface area (TPSA) is 76.5 Å². The van der Waals surface area contributed by atoms with Gasteiger partial charge in [0.15, 0.2) is 0 Å². The van der Waals surface area contributed by atoms with Gasteiger partial charge in [0.05, 0.1) is 0 Å². The molecule has 5 heteroatoms. The van der Waals surface area contributed by atoms with Crippen molar-refractivity contribution in [3.8, 4) is 0 Å². The van der Waals surface area contributed by atoms with Crippen molar-refractivity contribution in [2.45, 2.75) is 25.9 Å². The zero-order chi connectivity index (χ0) is 12.0. The minimum Gasteiger partial charge on any atom is -0.478 e. The van der Waals surface area contributed by atoms with Crippen molar-refractivity contribution in [1.29, 1.82) is 0 Å². The van der Waals surface area contributed by atoms with Gasteiger partial charge in [0.1, 0.15) is 0 Å². The fourth-order valence-electron chi connectivity index (χ4n) is 1.19. The molecule has 16 heavy (non-hydrogen) atoms. The number of carboxylic acids is 1. The Balaban J connectivity index is 2.77. The van der Waals surface area contributed by atoms with E-state index in [1.165, 1.54) is 12.4 Å². The Kier molecular flexibility index (Phi) is 4.44. The molecule has 0 amide bonds. The molecule has 1 heterocycles. The third kappa shape index (κ3) is 3.34.